The van der Waals surface area contributed by atoms with Gasteiger partial charge in [0, 0.05) is 31.9 Å². The maximum absolute atomic E-state index is 11.8. The molecular formula is C13H20N2O2. The van der Waals surface area contributed by atoms with Gasteiger partial charge in [0.05, 0.1) is 5.60 Å². The van der Waals surface area contributed by atoms with Gasteiger partial charge in [-0.25, -0.2) is 0 Å². The van der Waals surface area contributed by atoms with Crippen LogP contribution in [0.15, 0.2) is 24.3 Å². The van der Waals surface area contributed by atoms with Crippen LogP contribution in [0.4, 0.5) is 5.69 Å². The lowest BCUT2D eigenvalue weighted by molar-refractivity contribution is 0.0694. The lowest BCUT2D eigenvalue weighted by Gasteiger charge is -2.18. The van der Waals surface area contributed by atoms with Gasteiger partial charge in [-0.05, 0) is 32.0 Å². The molecule has 1 rings (SSSR count). The van der Waals surface area contributed by atoms with Crippen LogP contribution in [0, 0.1) is 0 Å². The monoisotopic (exact) mass is 236 g/mol. The highest BCUT2D eigenvalue weighted by Crippen LogP contribution is 2.13. The normalized spacial score (nSPS) is 11.1. The summed E-state index contributed by atoms with van der Waals surface area (Å²) in [6, 6.07) is 7.35. The van der Waals surface area contributed by atoms with Crippen LogP contribution in [0.2, 0.25) is 0 Å². The molecule has 1 amide bonds. The average Bonchev–Trinajstić information content (AvgIpc) is 2.25. The quantitative estimate of drug-likeness (QED) is 0.827. The number of carbonyl (C=O) groups excluding carboxylic acids is 1. The predicted octanol–water partition coefficient (Wildman–Crippen LogP) is 1.25. The summed E-state index contributed by atoms with van der Waals surface area (Å²) in [4.78, 5) is 13.8. The van der Waals surface area contributed by atoms with Crippen molar-refractivity contribution in [2.45, 2.75) is 19.4 Å². The zero-order chi connectivity index (χ0) is 13.1. The summed E-state index contributed by atoms with van der Waals surface area (Å²) in [6.45, 7) is 3.55. The molecule has 17 heavy (non-hydrogen) atoms. The second-order valence-corrected chi connectivity index (χ2v) is 4.94. The molecule has 0 fully saturated rings. The number of benzene rings is 1. The van der Waals surface area contributed by atoms with Crippen molar-refractivity contribution in [3.05, 3.63) is 29.8 Å². The predicted molar refractivity (Wildman–Crippen MR) is 69.4 cm³/mol. The number of hydrogen-bond donors (Lipinski definition) is 2. The number of hydrogen-bond acceptors (Lipinski definition) is 3. The first-order chi connectivity index (χ1) is 7.79. The van der Waals surface area contributed by atoms with Crippen LogP contribution in [0.25, 0.3) is 0 Å². The number of aliphatic hydroxyl groups is 1. The van der Waals surface area contributed by atoms with Crippen molar-refractivity contribution in [2.24, 2.45) is 0 Å². The van der Waals surface area contributed by atoms with Gasteiger partial charge in [0.2, 0.25) is 0 Å². The van der Waals surface area contributed by atoms with E-state index in [1.807, 2.05) is 37.2 Å². The Morgan fingerprint density at radius 2 is 2.06 bits per heavy atom. The minimum absolute atomic E-state index is 0.171. The molecule has 0 aliphatic heterocycles. The fourth-order valence-electron chi connectivity index (χ4n) is 1.32. The van der Waals surface area contributed by atoms with Gasteiger partial charge in [-0.15, -0.1) is 0 Å². The van der Waals surface area contributed by atoms with E-state index in [0.717, 1.165) is 5.69 Å². The fourth-order valence-corrected chi connectivity index (χ4v) is 1.32. The summed E-state index contributed by atoms with van der Waals surface area (Å²) in [6.07, 6.45) is 0. The van der Waals surface area contributed by atoms with Crippen molar-refractivity contribution in [3.63, 3.8) is 0 Å². The second-order valence-electron chi connectivity index (χ2n) is 4.94. The molecule has 0 bridgehead atoms. The fraction of sp³-hybridized carbons (Fsp3) is 0.462. The first-order valence-corrected chi connectivity index (χ1v) is 5.57. The molecule has 0 aliphatic rings. The number of nitrogens with zero attached hydrogens (tertiary/aromatic N) is 1. The molecule has 0 atom stereocenters. The van der Waals surface area contributed by atoms with E-state index in [0.29, 0.717) is 5.56 Å². The lowest BCUT2D eigenvalue weighted by Crippen LogP contribution is -2.38. The smallest absolute Gasteiger partial charge is 0.251 e. The molecule has 1 aromatic carbocycles. The maximum Gasteiger partial charge on any atom is 0.251 e. The summed E-state index contributed by atoms with van der Waals surface area (Å²) in [5.74, 6) is -0.171. The van der Waals surface area contributed by atoms with Crippen LogP contribution in [0.3, 0.4) is 0 Å². The Kier molecular flexibility index (Phi) is 4.12. The molecule has 0 heterocycles. The minimum atomic E-state index is -0.894. The van der Waals surface area contributed by atoms with E-state index in [1.54, 1.807) is 19.9 Å². The number of anilines is 1. The molecular weight excluding hydrogens is 216 g/mol. The Morgan fingerprint density at radius 3 is 2.59 bits per heavy atom. The van der Waals surface area contributed by atoms with Crippen LogP contribution in [-0.4, -0.2) is 37.3 Å². The standard InChI is InChI=1S/C13H20N2O2/c1-13(2,17)9-14-12(16)10-6-5-7-11(8-10)15(3)4/h5-8,17H,9H2,1-4H3,(H,14,16). The Morgan fingerprint density at radius 1 is 1.41 bits per heavy atom. The van der Waals surface area contributed by atoms with Gasteiger partial charge in [0.25, 0.3) is 5.91 Å². The third-order valence-electron chi connectivity index (χ3n) is 2.31. The van der Waals surface area contributed by atoms with Crippen molar-refractivity contribution in [1.82, 2.24) is 5.32 Å². The van der Waals surface area contributed by atoms with Crippen LogP contribution in [0.5, 0.6) is 0 Å². The Balaban J connectivity index is 2.72. The van der Waals surface area contributed by atoms with Crippen LogP contribution >= 0.6 is 0 Å². The van der Waals surface area contributed by atoms with Crippen molar-refractivity contribution in [3.8, 4) is 0 Å². The van der Waals surface area contributed by atoms with Crippen molar-refractivity contribution < 1.29 is 9.90 Å². The van der Waals surface area contributed by atoms with Crippen LogP contribution in [0.1, 0.15) is 24.2 Å². The second kappa shape index (κ2) is 5.19. The van der Waals surface area contributed by atoms with E-state index in [9.17, 15) is 9.90 Å². The molecule has 94 valence electrons. The summed E-state index contributed by atoms with van der Waals surface area (Å²) in [5, 5.41) is 12.2. The SMILES string of the molecule is CN(C)c1cccc(C(=O)NCC(C)(C)O)c1. The number of rotatable bonds is 4. The Labute approximate surface area is 102 Å². The molecule has 4 nitrogen and oxygen atoms in total. The van der Waals surface area contributed by atoms with E-state index >= 15 is 0 Å². The highest BCUT2D eigenvalue weighted by molar-refractivity contribution is 5.95. The zero-order valence-electron chi connectivity index (χ0n) is 10.8. The van der Waals surface area contributed by atoms with Gasteiger partial charge in [-0.1, -0.05) is 6.07 Å². The van der Waals surface area contributed by atoms with Gasteiger partial charge in [0.1, 0.15) is 0 Å². The third kappa shape index (κ3) is 4.44. The first kappa shape index (κ1) is 13.5. The van der Waals surface area contributed by atoms with Gasteiger partial charge in [0.15, 0.2) is 0 Å². The summed E-state index contributed by atoms with van der Waals surface area (Å²) in [5.41, 5.74) is 0.677. The summed E-state index contributed by atoms with van der Waals surface area (Å²) >= 11 is 0. The molecule has 0 aliphatic carbocycles. The van der Waals surface area contributed by atoms with Gasteiger partial charge in [-0.2, -0.15) is 0 Å². The largest absolute Gasteiger partial charge is 0.389 e. The van der Waals surface area contributed by atoms with Crippen molar-refractivity contribution in [2.75, 3.05) is 25.5 Å². The number of amides is 1. The highest BCUT2D eigenvalue weighted by atomic mass is 16.3. The molecule has 0 aromatic heterocycles. The first-order valence-electron chi connectivity index (χ1n) is 5.57. The van der Waals surface area contributed by atoms with E-state index in [4.69, 9.17) is 0 Å². The van der Waals surface area contributed by atoms with Crippen LogP contribution < -0.4 is 10.2 Å². The molecule has 0 radical (unpaired) electrons. The summed E-state index contributed by atoms with van der Waals surface area (Å²) in [7, 11) is 3.85. The molecule has 0 saturated carbocycles. The van der Waals surface area contributed by atoms with E-state index in [-0.39, 0.29) is 12.5 Å². The number of nitrogens with one attached hydrogen (secondary N) is 1. The molecule has 4 heteroatoms. The summed E-state index contributed by atoms with van der Waals surface area (Å²) < 4.78 is 0. The van der Waals surface area contributed by atoms with E-state index < -0.39 is 5.60 Å². The topological polar surface area (TPSA) is 52.6 Å². The van der Waals surface area contributed by atoms with Gasteiger partial charge >= 0.3 is 0 Å². The van der Waals surface area contributed by atoms with Crippen molar-refractivity contribution in [1.29, 1.82) is 0 Å². The Bertz CT molecular complexity index is 395. The van der Waals surface area contributed by atoms with Crippen molar-refractivity contribution >= 4 is 11.6 Å². The average molecular weight is 236 g/mol. The van der Waals surface area contributed by atoms with E-state index in [2.05, 4.69) is 5.32 Å². The molecule has 0 unspecified atom stereocenters. The zero-order valence-corrected chi connectivity index (χ0v) is 10.8. The molecule has 0 spiro atoms. The number of carbonyl (C=O) groups is 1. The van der Waals surface area contributed by atoms with E-state index in [1.165, 1.54) is 0 Å². The van der Waals surface area contributed by atoms with Gasteiger partial charge < -0.3 is 15.3 Å². The maximum atomic E-state index is 11.8. The molecule has 0 saturated heterocycles. The van der Waals surface area contributed by atoms with Gasteiger partial charge in [-0.3, -0.25) is 4.79 Å². The minimum Gasteiger partial charge on any atom is -0.389 e. The third-order valence-corrected chi connectivity index (χ3v) is 2.31. The Hall–Kier alpha value is -1.55. The molecule has 2 N–H and O–H groups in total. The molecule has 1 aromatic rings. The van der Waals surface area contributed by atoms with Crippen LogP contribution in [-0.2, 0) is 0 Å². The lowest BCUT2D eigenvalue weighted by atomic mass is 10.1. The highest BCUT2D eigenvalue weighted by Gasteiger charge is 2.14.